The number of amides is 2. The van der Waals surface area contributed by atoms with Gasteiger partial charge in [-0.05, 0) is 64.3 Å². The Morgan fingerprint density at radius 2 is 1.80 bits per heavy atom. The summed E-state index contributed by atoms with van der Waals surface area (Å²) >= 11 is 0. The van der Waals surface area contributed by atoms with Crippen molar-refractivity contribution >= 4 is 39.7 Å². The Morgan fingerprint density at radius 1 is 1.03 bits per heavy atom. The quantitative estimate of drug-likeness (QED) is 0.104. The number of aromatic nitrogens is 3. The third-order valence-electron chi connectivity index (χ3n) is 12.7. The Balaban J connectivity index is 1.05. The average molecular weight is 842 g/mol. The van der Waals surface area contributed by atoms with Gasteiger partial charge in [0.2, 0.25) is 0 Å². The van der Waals surface area contributed by atoms with Crippen LogP contribution in [0.15, 0.2) is 48.7 Å². The van der Waals surface area contributed by atoms with E-state index in [1.54, 1.807) is 29.2 Å². The van der Waals surface area contributed by atoms with E-state index in [2.05, 4.69) is 27.4 Å². The molecule has 5 saturated heterocycles. The lowest BCUT2D eigenvalue weighted by Gasteiger charge is -2.42. The van der Waals surface area contributed by atoms with Gasteiger partial charge in [-0.15, -0.1) is 6.42 Å². The number of fused-ring (bicyclic) bond motifs is 5. The van der Waals surface area contributed by atoms with Crippen molar-refractivity contribution < 1.29 is 41.4 Å². The molecule has 0 saturated carbocycles. The third kappa shape index (κ3) is 7.44. The third-order valence-corrected chi connectivity index (χ3v) is 12.7. The summed E-state index contributed by atoms with van der Waals surface area (Å²) in [4.78, 5) is 47.3. The van der Waals surface area contributed by atoms with E-state index in [1.165, 1.54) is 12.3 Å². The summed E-state index contributed by atoms with van der Waals surface area (Å²) in [6, 6.07) is 7.34. The number of hydrogen-bond acceptors (Lipinski definition) is 10. The molecule has 9 rings (SSSR count). The molecule has 2 aromatic heterocycles. The van der Waals surface area contributed by atoms with Crippen LogP contribution in [-0.4, -0.2) is 123 Å². The number of likely N-dealkylation sites (tertiary alicyclic amines) is 1. The molecule has 4 aromatic rings. The molecule has 7 heterocycles. The first kappa shape index (κ1) is 40.7. The van der Waals surface area contributed by atoms with Crippen LogP contribution in [0.25, 0.3) is 32.9 Å². The molecule has 5 fully saturated rings. The van der Waals surface area contributed by atoms with E-state index >= 15 is 8.78 Å². The summed E-state index contributed by atoms with van der Waals surface area (Å²) in [5.74, 6) is -1.50. The van der Waals surface area contributed by atoms with Gasteiger partial charge in [0.25, 0.3) is 5.92 Å². The fourth-order valence-electron chi connectivity index (χ4n) is 10.00. The molecule has 2 aromatic carbocycles. The molecule has 0 radical (unpaired) electrons. The minimum absolute atomic E-state index is 0.00989. The number of pyridine rings is 1. The SMILES string of the molecule is C#Cc1c(F)ccc2cccc(-c3ncc4c(N5CC6CCC(C5)N6C(=O)OC(C)(C)C)nc(OCC56CCC(COC(=O)N7CCC(F)(F)C7)N5CC(=C)C6)nc4c3F)c12. The smallest absolute Gasteiger partial charge is 0.410 e. The van der Waals surface area contributed by atoms with Crippen LogP contribution in [0.4, 0.5) is 33.0 Å². The van der Waals surface area contributed by atoms with Crippen LogP contribution in [0, 0.1) is 24.0 Å². The summed E-state index contributed by atoms with van der Waals surface area (Å²) in [5.41, 5.74) is -0.123. The predicted molar refractivity (Wildman–Crippen MR) is 219 cm³/mol. The number of benzene rings is 2. The Labute approximate surface area is 350 Å². The number of halogens is 4. The molecule has 2 amide bonds. The molecular formula is C45H47F4N7O5. The number of alkyl halides is 2. The standard InChI is InChI=1S/C45H47F4N7O5/c1-6-31-34(46)13-10-27-8-7-9-32(35(27)31)37-36(47)38-33(19-50-37)39(54-21-28-11-12-29(22-54)56(28)42(58)61-43(3,4)5)52-40(51-38)60-25-44-15-14-30(55(44)20-26(2)18-44)23-59-41(57)53-17-16-45(48,49)24-53/h1,7-10,13,19,28-30H,2,11-12,14-18,20-25H2,3-5H3. The zero-order chi connectivity index (χ0) is 43.0. The van der Waals surface area contributed by atoms with Gasteiger partial charge in [0.05, 0.1) is 35.1 Å². The normalized spacial score (nSPS) is 24.7. The lowest BCUT2D eigenvalue weighted by Crippen LogP contribution is -2.57. The van der Waals surface area contributed by atoms with E-state index in [-0.39, 0.29) is 66.8 Å². The van der Waals surface area contributed by atoms with Crippen molar-refractivity contribution in [3.8, 4) is 29.6 Å². The monoisotopic (exact) mass is 841 g/mol. The highest BCUT2D eigenvalue weighted by Gasteiger charge is 2.52. The maximum Gasteiger partial charge on any atom is 0.410 e. The number of rotatable bonds is 7. The van der Waals surface area contributed by atoms with Crippen molar-refractivity contribution in [3.05, 3.63) is 65.9 Å². The highest BCUT2D eigenvalue weighted by atomic mass is 19.3. The molecule has 4 unspecified atom stereocenters. The number of piperazine rings is 1. The van der Waals surface area contributed by atoms with E-state index < -0.39 is 47.8 Å². The van der Waals surface area contributed by atoms with Crippen LogP contribution in [0.2, 0.25) is 0 Å². The summed E-state index contributed by atoms with van der Waals surface area (Å²) in [6.07, 6.45) is 9.15. The average Bonchev–Trinajstić information content (AvgIpc) is 3.93. The summed E-state index contributed by atoms with van der Waals surface area (Å²) < 4.78 is 77.7. The lowest BCUT2D eigenvalue weighted by atomic mass is 9.94. The van der Waals surface area contributed by atoms with E-state index in [9.17, 15) is 18.4 Å². The topological polar surface area (TPSA) is 113 Å². The molecule has 5 aliphatic heterocycles. The summed E-state index contributed by atoms with van der Waals surface area (Å²) in [6.45, 7) is 10.5. The number of hydrogen-bond donors (Lipinski definition) is 0. The second-order valence-corrected chi connectivity index (χ2v) is 18.0. The van der Waals surface area contributed by atoms with Crippen molar-refractivity contribution in [2.45, 2.75) is 94.5 Å². The van der Waals surface area contributed by atoms with Gasteiger partial charge in [0.1, 0.15) is 41.7 Å². The molecule has 5 aliphatic rings. The zero-order valence-corrected chi connectivity index (χ0v) is 34.4. The second kappa shape index (κ2) is 15.0. The molecule has 320 valence electrons. The van der Waals surface area contributed by atoms with Gasteiger partial charge in [0, 0.05) is 55.8 Å². The molecule has 4 atom stereocenters. The zero-order valence-electron chi connectivity index (χ0n) is 34.4. The second-order valence-electron chi connectivity index (χ2n) is 18.0. The largest absolute Gasteiger partial charge is 0.461 e. The van der Waals surface area contributed by atoms with E-state index in [4.69, 9.17) is 25.6 Å². The van der Waals surface area contributed by atoms with Crippen LogP contribution >= 0.6 is 0 Å². The van der Waals surface area contributed by atoms with Gasteiger partial charge in [-0.2, -0.15) is 9.97 Å². The lowest BCUT2D eigenvalue weighted by molar-refractivity contribution is 0.00763. The number of ether oxygens (including phenoxy) is 3. The van der Waals surface area contributed by atoms with Crippen LogP contribution < -0.4 is 9.64 Å². The van der Waals surface area contributed by atoms with Crippen molar-refractivity contribution in [2.24, 2.45) is 0 Å². The summed E-state index contributed by atoms with van der Waals surface area (Å²) in [5, 5.41) is 1.29. The van der Waals surface area contributed by atoms with Gasteiger partial charge in [-0.1, -0.05) is 42.3 Å². The first-order valence-electron chi connectivity index (χ1n) is 20.7. The number of terminal acetylenes is 1. The van der Waals surface area contributed by atoms with Crippen LogP contribution in [0.5, 0.6) is 6.01 Å². The molecule has 61 heavy (non-hydrogen) atoms. The Kier molecular flexibility index (Phi) is 10.0. The fourth-order valence-corrected chi connectivity index (χ4v) is 10.00. The highest BCUT2D eigenvalue weighted by Crippen LogP contribution is 2.45. The number of anilines is 1. The predicted octanol–water partition coefficient (Wildman–Crippen LogP) is 7.71. The molecule has 16 heteroatoms. The minimum Gasteiger partial charge on any atom is -0.461 e. The molecule has 2 bridgehead atoms. The fraction of sp³-hybridized carbons (Fsp3) is 0.489. The van der Waals surface area contributed by atoms with Crippen molar-refractivity contribution in [1.29, 1.82) is 0 Å². The maximum absolute atomic E-state index is 17.3. The first-order valence-corrected chi connectivity index (χ1v) is 20.7. The number of carbonyl (C=O) groups is 2. The van der Waals surface area contributed by atoms with Crippen molar-refractivity contribution in [1.82, 2.24) is 29.7 Å². The van der Waals surface area contributed by atoms with E-state index in [0.29, 0.717) is 66.4 Å². The minimum atomic E-state index is -2.92. The maximum atomic E-state index is 17.3. The molecule has 12 nitrogen and oxygen atoms in total. The van der Waals surface area contributed by atoms with Gasteiger partial charge in [-0.3, -0.25) is 14.8 Å². The molecular weight excluding hydrogens is 795 g/mol. The first-order chi connectivity index (χ1) is 29.0. The van der Waals surface area contributed by atoms with Crippen LogP contribution in [0.3, 0.4) is 0 Å². The van der Waals surface area contributed by atoms with E-state index in [0.717, 1.165) is 23.3 Å². The Morgan fingerprint density at radius 3 is 2.51 bits per heavy atom. The molecule has 0 aliphatic carbocycles. The van der Waals surface area contributed by atoms with Crippen LogP contribution in [0.1, 0.15) is 64.9 Å². The van der Waals surface area contributed by atoms with Crippen LogP contribution in [-0.2, 0) is 9.47 Å². The van der Waals surface area contributed by atoms with Crippen molar-refractivity contribution in [3.63, 3.8) is 0 Å². The molecule has 0 N–H and O–H groups in total. The van der Waals surface area contributed by atoms with Crippen molar-refractivity contribution in [2.75, 3.05) is 50.8 Å². The van der Waals surface area contributed by atoms with Gasteiger partial charge >= 0.3 is 18.2 Å². The summed E-state index contributed by atoms with van der Waals surface area (Å²) in [7, 11) is 0. The Bertz CT molecular complexity index is 2490. The van der Waals surface area contributed by atoms with Gasteiger partial charge in [-0.25, -0.2) is 27.2 Å². The molecule has 0 spiro atoms. The number of carbonyl (C=O) groups excluding carboxylic acids is 2. The van der Waals surface area contributed by atoms with E-state index in [1.807, 2.05) is 25.7 Å². The number of nitrogens with zero attached hydrogens (tertiary/aromatic N) is 7. The Hall–Kier alpha value is -5.69. The van der Waals surface area contributed by atoms with Gasteiger partial charge < -0.3 is 24.0 Å². The highest BCUT2D eigenvalue weighted by molar-refractivity contribution is 6.02. The van der Waals surface area contributed by atoms with Gasteiger partial charge in [0.15, 0.2) is 5.82 Å².